The normalized spacial score (nSPS) is 15.5. The molecule has 2 heterocycles. The van der Waals surface area contributed by atoms with Gasteiger partial charge in [-0.05, 0) is 100.0 Å². The predicted molar refractivity (Wildman–Crippen MR) is 211 cm³/mol. The first kappa shape index (κ1) is 17.7. The minimum atomic E-state index is -0.617. The van der Waals surface area contributed by atoms with Crippen LogP contribution in [0.25, 0.3) is 88.4 Å². The van der Waals surface area contributed by atoms with E-state index >= 15 is 0 Å². The lowest BCUT2D eigenvalue weighted by molar-refractivity contribution is 1.18. The fourth-order valence-corrected chi connectivity index (χ4v) is 6.71. The van der Waals surface area contributed by atoms with E-state index in [1.54, 1.807) is 30.3 Å². The van der Waals surface area contributed by atoms with E-state index in [1.807, 2.05) is 78.9 Å². The second kappa shape index (κ2) is 11.5. The van der Waals surface area contributed by atoms with Crippen LogP contribution in [-0.2, 0) is 0 Å². The average molecular weight is 651 g/mol. The maximum atomic E-state index is 9.91. The van der Waals surface area contributed by atoms with Crippen LogP contribution < -0.4 is 0 Å². The molecule has 0 atom stereocenters. The number of rotatable bonds is 5. The van der Waals surface area contributed by atoms with Crippen molar-refractivity contribution in [3.05, 3.63) is 194 Å². The highest BCUT2D eigenvalue weighted by atomic mass is 15.0. The van der Waals surface area contributed by atoms with Gasteiger partial charge in [0.2, 0.25) is 0 Å². The second-order valence-corrected chi connectivity index (χ2v) is 11.9. The van der Waals surface area contributed by atoms with Gasteiger partial charge in [-0.25, -0.2) is 0 Å². The van der Waals surface area contributed by atoms with Crippen molar-refractivity contribution in [1.29, 1.82) is 0 Å². The Labute approximate surface area is 310 Å². The first-order valence-corrected chi connectivity index (χ1v) is 16.1. The van der Waals surface area contributed by atoms with Crippen LogP contribution >= 0.6 is 0 Å². The number of hydrogen-bond acceptors (Lipinski definition) is 0. The van der Waals surface area contributed by atoms with Crippen LogP contribution in [0.4, 0.5) is 0 Å². The summed E-state index contributed by atoms with van der Waals surface area (Å²) in [7, 11) is 0. The number of nitrogens with zero attached hydrogens (tertiary/aromatic N) is 2. The monoisotopic (exact) mass is 650 g/mol. The lowest BCUT2D eigenvalue weighted by Gasteiger charge is -2.14. The second-order valence-electron chi connectivity index (χ2n) is 11.9. The van der Waals surface area contributed by atoms with E-state index in [9.17, 15) is 11.0 Å². The molecule has 2 nitrogen and oxygen atoms in total. The van der Waals surface area contributed by atoms with Gasteiger partial charge in [-0.2, -0.15) is 0 Å². The van der Waals surface area contributed by atoms with Crippen LogP contribution in [0.5, 0.6) is 0 Å². The van der Waals surface area contributed by atoms with Crippen molar-refractivity contribution >= 4 is 43.6 Å². The summed E-state index contributed by atoms with van der Waals surface area (Å²) in [4.78, 5) is 0. The van der Waals surface area contributed by atoms with Gasteiger partial charge < -0.3 is 9.13 Å². The number of hydrogen-bond donors (Lipinski definition) is 0. The third kappa shape index (κ3) is 4.57. The summed E-state index contributed by atoms with van der Waals surface area (Å²) >= 11 is 0. The average Bonchev–Trinajstić information content (AvgIpc) is 3.88. The summed E-state index contributed by atoms with van der Waals surface area (Å²) in [5.41, 5.74) is 2.89. The molecule has 0 aliphatic carbocycles. The van der Waals surface area contributed by atoms with Gasteiger partial charge in [0.15, 0.2) is 0 Å². The molecule has 10 rings (SSSR count). The van der Waals surface area contributed by atoms with Crippen molar-refractivity contribution in [2.75, 3.05) is 0 Å². The molecule has 0 unspecified atom stereocenters. The number of benzene rings is 8. The summed E-state index contributed by atoms with van der Waals surface area (Å²) in [5.74, 6) is 0. The van der Waals surface area contributed by atoms with Crippen molar-refractivity contribution in [3.63, 3.8) is 0 Å². The zero-order valence-corrected chi connectivity index (χ0v) is 26.3. The smallest absolute Gasteiger partial charge is 0.0645 e. The molecule has 2 aromatic heterocycles. The Morgan fingerprint density at radius 3 is 1.24 bits per heavy atom. The summed E-state index contributed by atoms with van der Waals surface area (Å²) in [6, 6.07) is 25.7. The molecule has 0 saturated carbocycles. The van der Waals surface area contributed by atoms with Gasteiger partial charge in [0, 0.05) is 32.9 Å². The minimum Gasteiger partial charge on any atom is -0.309 e. The fraction of sp³-hybridized carbons (Fsp3) is 0. The SMILES string of the molecule is [2H]c1c([2H])c([2H])c2c(c1[2H])c1c([2H])c(-c3c([2H])c([2H])c4c(c3[2H])c3c([2H])c([2H])c([2H])c([2H])c3n4-c3cc(-c4ccccc4)cc(-c4ccccc4)c3)c([2H])c([2H])c1n2-c1ccccc1. The summed E-state index contributed by atoms with van der Waals surface area (Å²) in [5, 5.41) is -0.480. The van der Waals surface area contributed by atoms with E-state index in [0.29, 0.717) is 11.4 Å². The van der Waals surface area contributed by atoms with Crippen LogP contribution in [-0.4, -0.2) is 9.13 Å². The maximum Gasteiger partial charge on any atom is 0.0645 e. The summed E-state index contributed by atoms with van der Waals surface area (Å²) < 4.78 is 132. The van der Waals surface area contributed by atoms with Gasteiger partial charge in [-0.3, -0.25) is 0 Å². The van der Waals surface area contributed by atoms with Crippen LogP contribution in [0.2, 0.25) is 0 Å². The van der Waals surface area contributed by atoms with Crippen LogP contribution in [0.3, 0.4) is 0 Å². The van der Waals surface area contributed by atoms with Gasteiger partial charge in [-0.15, -0.1) is 0 Å². The lowest BCUT2D eigenvalue weighted by atomic mass is 9.98. The van der Waals surface area contributed by atoms with E-state index in [4.69, 9.17) is 8.22 Å². The van der Waals surface area contributed by atoms with Crippen LogP contribution in [0.15, 0.2) is 194 Å². The van der Waals surface area contributed by atoms with E-state index in [1.165, 1.54) is 9.13 Å². The third-order valence-electron chi connectivity index (χ3n) is 8.97. The number of fused-ring (bicyclic) bond motifs is 6. The maximum absolute atomic E-state index is 9.91. The van der Waals surface area contributed by atoms with Gasteiger partial charge in [0.05, 0.1) is 41.3 Å². The van der Waals surface area contributed by atoms with Crippen molar-refractivity contribution in [2.24, 2.45) is 0 Å². The standard InChI is InChI=1S/C48H32N2/c1-4-14-33(15-5-1)37-28-38(34-16-6-2-7-17-34)30-40(29-37)50-46-23-13-11-21-42(46)44-32-36(25-27-48(44)50)35-24-26-47-43(31-35)41-20-10-12-22-45(41)49(47)39-18-8-3-9-19-39/h1-32H/i10D,11D,12D,13D,20D,21D,22D,23D,24D,25D,26D,27D,31D,32D. The van der Waals surface area contributed by atoms with E-state index in [2.05, 4.69) is 0 Å². The van der Waals surface area contributed by atoms with E-state index < -0.39 is 95.7 Å². The summed E-state index contributed by atoms with van der Waals surface area (Å²) in [6.07, 6.45) is 0. The molecule has 50 heavy (non-hydrogen) atoms. The fourth-order valence-electron chi connectivity index (χ4n) is 6.71. The molecular weight excluding hydrogens is 605 g/mol. The molecule has 0 saturated heterocycles. The Kier molecular flexibility index (Phi) is 4.07. The molecular formula is C48H32N2. The molecule has 234 valence electrons. The van der Waals surface area contributed by atoms with Crippen molar-refractivity contribution in [3.8, 4) is 44.8 Å². The zero-order valence-electron chi connectivity index (χ0n) is 40.3. The largest absolute Gasteiger partial charge is 0.309 e. The molecule has 2 heteroatoms. The molecule has 0 amide bonds. The first-order chi connectivity index (χ1) is 30.6. The van der Waals surface area contributed by atoms with Crippen LogP contribution in [0, 0.1) is 0 Å². The Bertz CT molecular complexity index is 3580. The molecule has 8 aromatic carbocycles. The van der Waals surface area contributed by atoms with Gasteiger partial charge in [0.1, 0.15) is 0 Å². The Hall–Kier alpha value is -6.64. The predicted octanol–water partition coefficient (Wildman–Crippen LogP) is 12.9. The highest BCUT2D eigenvalue weighted by Crippen LogP contribution is 2.39. The number of para-hydroxylation sites is 3. The molecule has 0 radical (unpaired) electrons. The zero-order chi connectivity index (χ0) is 45.2. The highest BCUT2D eigenvalue weighted by molar-refractivity contribution is 6.12. The molecule has 0 spiro atoms. The topological polar surface area (TPSA) is 9.86 Å². The molecule has 0 N–H and O–H groups in total. The summed E-state index contributed by atoms with van der Waals surface area (Å²) in [6.45, 7) is 0. The molecule has 0 aliphatic heterocycles. The lowest BCUT2D eigenvalue weighted by Crippen LogP contribution is -1.96. The first-order valence-electron chi connectivity index (χ1n) is 23.1. The molecule has 0 fully saturated rings. The van der Waals surface area contributed by atoms with E-state index in [-0.39, 0.29) is 43.6 Å². The third-order valence-corrected chi connectivity index (χ3v) is 8.97. The van der Waals surface area contributed by atoms with Crippen molar-refractivity contribution in [1.82, 2.24) is 9.13 Å². The minimum absolute atomic E-state index is 0.0359. The van der Waals surface area contributed by atoms with Gasteiger partial charge in [-0.1, -0.05) is 127 Å². The van der Waals surface area contributed by atoms with Crippen molar-refractivity contribution in [2.45, 2.75) is 0 Å². The number of aromatic nitrogens is 2. The highest BCUT2D eigenvalue weighted by Gasteiger charge is 2.17. The molecule has 10 aromatic rings. The quantitative estimate of drug-likeness (QED) is 0.175. The molecule has 0 bridgehead atoms. The van der Waals surface area contributed by atoms with Gasteiger partial charge in [0.25, 0.3) is 0 Å². The van der Waals surface area contributed by atoms with Gasteiger partial charge >= 0.3 is 0 Å². The molecule has 0 aliphatic rings. The Morgan fingerprint density at radius 2 is 0.740 bits per heavy atom. The van der Waals surface area contributed by atoms with Crippen LogP contribution in [0.1, 0.15) is 19.2 Å². The Morgan fingerprint density at radius 1 is 0.320 bits per heavy atom. The Balaban J connectivity index is 1.38. The van der Waals surface area contributed by atoms with E-state index in [0.717, 1.165) is 22.3 Å². The van der Waals surface area contributed by atoms with Crippen molar-refractivity contribution < 1.29 is 19.2 Å².